The summed E-state index contributed by atoms with van der Waals surface area (Å²) in [5, 5.41) is 14.7. The standard InChI is InChI=1S/C24H25Cl2FN4O2/c1-12(22-19(25)2-3-20(27)23(22)26)33-21-8-15(9-29-24(21)28)16-10-30-31(11-16)17-4-13-6-18(32)7-14(13)5-17/h2-3,8-14,17-18,32H,4-7H2,1H3,(H2,28,29)/t12-,13?,14?,17?,18?/m1/s1. The molecule has 1 aromatic carbocycles. The maximum absolute atomic E-state index is 13.9. The van der Waals surface area contributed by atoms with E-state index in [-0.39, 0.29) is 16.9 Å². The fourth-order valence-electron chi connectivity index (χ4n) is 5.33. The first-order valence-corrected chi connectivity index (χ1v) is 11.8. The van der Waals surface area contributed by atoms with Gasteiger partial charge in [0.05, 0.1) is 23.4 Å². The minimum atomic E-state index is -0.643. The third-order valence-corrected chi connectivity index (χ3v) is 7.66. The van der Waals surface area contributed by atoms with Crippen LogP contribution in [0.3, 0.4) is 0 Å². The number of aliphatic hydroxyl groups excluding tert-OH is 1. The van der Waals surface area contributed by atoms with Crippen molar-refractivity contribution in [3.05, 3.63) is 58.2 Å². The van der Waals surface area contributed by atoms with Crippen LogP contribution in [0, 0.1) is 17.7 Å². The first-order chi connectivity index (χ1) is 15.8. The molecular formula is C24H25Cl2FN4O2. The van der Waals surface area contributed by atoms with Gasteiger partial charge in [0.2, 0.25) is 0 Å². The van der Waals surface area contributed by atoms with Crippen molar-refractivity contribution in [1.29, 1.82) is 0 Å². The molecule has 2 fully saturated rings. The maximum Gasteiger partial charge on any atom is 0.166 e. The van der Waals surface area contributed by atoms with Gasteiger partial charge in [-0.05, 0) is 62.6 Å². The zero-order valence-corrected chi connectivity index (χ0v) is 19.6. The number of hydrogen-bond acceptors (Lipinski definition) is 5. The van der Waals surface area contributed by atoms with Gasteiger partial charge in [-0.2, -0.15) is 5.10 Å². The van der Waals surface area contributed by atoms with E-state index in [0.717, 1.165) is 36.8 Å². The van der Waals surface area contributed by atoms with E-state index in [1.165, 1.54) is 12.1 Å². The molecule has 0 aliphatic heterocycles. The molecule has 2 saturated carbocycles. The van der Waals surface area contributed by atoms with Gasteiger partial charge in [0, 0.05) is 34.1 Å². The number of nitrogens with two attached hydrogens (primary N) is 1. The van der Waals surface area contributed by atoms with Crippen molar-refractivity contribution >= 4 is 29.0 Å². The lowest BCUT2D eigenvalue weighted by Gasteiger charge is -2.19. The Kier molecular flexibility index (Phi) is 5.97. The van der Waals surface area contributed by atoms with Gasteiger partial charge in [-0.15, -0.1) is 0 Å². The van der Waals surface area contributed by atoms with Crippen molar-refractivity contribution in [2.24, 2.45) is 11.8 Å². The molecule has 3 aromatic rings. The van der Waals surface area contributed by atoms with Crippen LogP contribution in [0.1, 0.15) is 50.3 Å². The highest BCUT2D eigenvalue weighted by atomic mass is 35.5. The van der Waals surface area contributed by atoms with Crippen LogP contribution < -0.4 is 10.5 Å². The highest BCUT2D eigenvalue weighted by molar-refractivity contribution is 6.36. The Hall–Kier alpha value is -2.35. The second kappa shape index (κ2) is 8.78. The molecule has 0 radical (unpaired) electrons. The number of aliphatic hydroxyl groups is 1. The van der Waals surface area contributed by atoms with Gasteiger partial charge < -0.3 is 15.6 Å². The summed E-state index contributed by atoms with van der Waals surface area (Å²) in [5.41, 5.74) is 8.12. The molecule has 6 nitrogen and oxygen atoms in total. The number of halogens is 3. The Labute approximate surface area is 201 Å². The van der Waals surface area contributed by atoms with Gasteiger partial charge >= 0.3 is 0 Å². The van der Waals surface area contributed by atoms with Gasteiger partial charge in [-0.25, -0.2) is 9.37 Å². The molecule has 2 unspecified atom stereocenters. The summed E-state index contributed by atoms with van der Waals surface area (Å²) in [7, 11) is 0. The smallest absolute Gasteiger partial charge is 0.166 e. The van der Waals surface area contributed by atoms with Crippen LogP contribution >= 0.6 is 23.2 Å². The number of hydrogen-bond donors (Lipinski definition) is 2. The van der Waals surface area contributed by atoms with Crippen molar-refractivity contribution in [1.82, 2.24) is 14.8 Å². The number of rotatable bonds is 5. The minimum Gasteiger partial charge on any atom is -0.482 e. The lowest BCUT2D eigenvalue weighted by Crippen LogP contribution is -2.09. The molecule has 33 heavy (non-hydrogen) atoms. The number of benzene rings is 1. The summed E-state index contributed by atoms with van der Waals surface area (Å²) in [6, 6.07) is 4.80. The normalized spacial score (nSPS) is 25.2. The van der Waals surface area contributed by atoms with Crippen molar-refractivity contribution in [3.63, 3.8) is 0 Å². The van der Waals surface area contributed by atoms with E-state index in [0.29, 0.717) is 34.2 Å². The van der Waals surface area contributed by atoms with E-state index in [9.17, 15) is 9.50 Å². The molecule has 2 aromatic heterocycles. The predicted octanol–water partition coefficient (Wildman–Crippen LogP) is 5.84. The molecule has 2 aliphatic rings. The average Bonchev–Trinajstić information content (AvgIpc) is 3.47. The third-order valence-electron chi connectivity index (χ3n) is 6.95. The lowest BCUT2D eigenvalue weighted by molar-refractivity contribution is 0.168. The first-order valence-electron chi connectivity index (χ1n) is 11.1. The van der Waals surface area contributed by atoms with Crippen LogP contribution in [0.2, 0.25) is 10.0 Å². The van der Waals surface area contributed by atoms with Crippen LogP contribution in [0.15, 0.2) is 36.8 Å². The molecule has 2 aliphatic carbocycles. The molecule has 3 N–H and O–H groups in total. The van der Waals surface area contributed by atoms with E-state index in [1.807, 2.05) is 17.1 Å². The molecule has 0 saturated heterocycles. The molecule has 174 valence electrons. The Bertz CT molecular complexity index is 1170. The van der Waals surface area contributed by atoms with Crippen LogP contribution in [-0.2, 0) is 0 Å². The van der Waals surface area contributed by atoms with Gasteiger partial charge in [-0.1, -0.05) is 23.2 Å². The van der Waals surface area contributed by atoms with Gasteiger partial charge in [0.15, 0.2) is 11.6 Å². The van der Waals surface area contributed by atoms with Crippen LogP contribution in [-0.4, -0.2) is 26.0 Å². The topological polar surface area (TPSA) is 86.2 Å². The van der Waals surface area contributed by atoms with Crippen LogP contribution in [0.4, 0.5) is 10.2 Å². The van der Waals surface area contributed by atoms with Gasteiger partial charge in [0.1, 0.15) is 11.9 Å². The Morgan fingerprint density at radius 3 is 2.61 bits per heavy atom. The number of ether oxygens (including phenoxy) is 1. The highest BCUT2D eigenvalue weighted by Gasteiger charge is 2.41. The summed E-state index contributed by atoms with van der Waals surface area (Å²) in [6.45, 7) is 1.73. The molecule has 0 spiro atoms. The van der Waals surface area contributed by atoms with Crippen molar-refractivity contribution in [2.45, 2.75) is 50.9 Å². The molecule has 0 bridgehead atoms. The lowest BCUT2D eigenvalue weighted by atomic mass is 10.0. The van der Waals surface area contributed by atoms with Gasteiger partial charge in [0.25, 0.3) is 0 Å². The molecule has 2 heterocycles. The molecule has 0 amide bonds. The molecule has 3 atom stereocenters. The number of nitrogen functional groups attached to an aromatic ring is 1. The summed E-state index contributed by atoms with van der Waals surface area (Å²) in [5.74, 6) is 1.17. The number of anilines is 1. The van der Waals surface area contributed by atoms with E-state index >= 15 is 0 Å². The van der Waals surface area contributed by atoms with E-state index in [2.05, 4.69) is 10.1 Å². The van der Waals surface area contributed by atoms with Crippen molar-refractivity contribution in [2.75, 3.05) is 5.73 Å². The second-order valence-corrected chi connectivity index (χ2v) is 9.89. The first kappa shape index (κ1) is 22.4. The van der Waals surface area contributed by atoms with E-state index in [1.54, 1.807) is 19.2 Å². The van der Waals surface area contributed by atoms with E-state index in [4.69, 9.17) is 33.7 Å². The summed E-state index contributed by atoms with van der Waals surface area (Å²) in [6.07, 6.45) is 8.60. The van der Waals surface area contributed by atoms with Crippen molar-refractivity contribution in [3.8, 4) is 16.9 Å². The SMILES string of the molecule is C[C@@H](Oc1cc(-c2cnn(C3CC4CC(O)CC4C3)c2)cnc1N)c1c(Cl)ccc(F)c1Cl. The fraction of sp³-hybridized carbons (Fsp3) is 0.417. The van der Waals surface area contributed by atoms with Gasteiger partial charge in [-0.3, -0.25) is 4.68 Å². The Morgan fingerprint density at radius 1 is 1.15 bits per heavy atom. The Morgan fingerprint density at radius 2 is 1.88 bits per heavy atom. The zero-order chi connectivity index (χ0) is 23.3. The monoisotopic (exact) mass is 490 g/mol. The predicted molar refractivity (Wildman–Crippen MR) is 126 cm³/mol. The fourth-order valence-corrected chi connectivity index (χ4v) is 6.01. The maximum atomic E-state index is 13.9. The van der Waals surface area contributed by atoms with E-state index < -0.39 is 11.9 Å². The van der Waals surface area contributed by atoms with Crippen molar-refractivity contribution < 1.29 is 14.2 Å². The quantitative estimate of drug-likeness (QED) is 0.439. The highest BCUT2D eigenvalue weighted by Crippen LogP contribution is 2.48. The largest absolute Gasteiger partial charge is 0.482 e. The Balaban J connectivity index is 1.35. The zero-order valence-electron chi connectivity index (χ0n) is 18.1. The number of aromatic nitrogens is 3. The molecule has 5 rings (SSSR count). The summed E-state index contributed by atoms with van der Waals surface area (Å²) < 4.78 is 22.0. The average molecular weight is 491 g/mol. The van der Waals surface area contributed by atoms with Crippen LogP contribution in [0.25, 0.3) is 11.1 Å². The third kappa shape index (κ3) is 4.29. The summed E-state index contributed by atoms with van der Waals surface area (Å²) >= 11 is 12.4. The number of nitrogens with zero attached hydrogens (tertiary/aromatic N) is 3. The second-order valence-electron chi connectivity index (χ2n) is 9.10. The molecular weight excluding hydrogens is 466 g/mol. The summed E-state index contributed by atoms with van der Waals surface area (Å²) in [4.78, 5) is 4.27. The number of pyridine rings is 1. The number of fused-ring (bicyclic) bond motifs is 1. The van der Waals surface area contributed by atoms with Crippen LogP contribution in [0.5, 0.6) is 5.75 Å². The molecule has 9 heteroatoms. The minimum absolute atomic E-state index is 0.0761.